The highest BCUT2D eigenvalue weighted by molar-refractivity contribution is 7.99. The predicted octanol–water partition coefficient (Wildman–Crippen LogP) is 1.70. The van der Waals surface area contributed by atoms with Crippen molar-refractivity contribution in [3.63, 3.8) is 0 Å². The monoisotopic (exact) mass is 261 g/mol. The molecule has 2 aromatic heterocycles. The minimum Gasteiger partial charge on any atom is -0.327 e. The van der Waals surface area contributed by atoms with Gasteiger partial charge in [-0.3, -0.25) is 4.98 Å². The van der Waals surface area contributed by atoms with E-state index in [1.807, 2.05) is 12.4 Å². The van der Waals surface area contributed by atoms with Gasteiger partial charge in [-0.2, -0.15) is 0 Å². The van der Waals surface area contributed by atoms with Gasteiger partial charge in [0.15, 0.2) is 5.16 Å². The average Bonchev–Trinajstić information content (AvgIpc) is 2.42. The highest BCUT2D eigenvalue weighted by atomic mass is 32.2. The molecule has 0 aliphatic rings. The van der Waals surface area contributed by atoms with Crippen molar-refractivity contribution in [3.8, 4) is 0 Å². The molecule has 0 saturated carbocycles. The summed E-state index contributed by atoms with van der Waals surface area (Å²) < 4.78 is 0. The lowest BCUT2D eigenvalue weighted by Crippen LogP contribution is -2.21. The van der Waals surface area contributed by atoms with Crippen LogP contribution in [0.15, 0.2) is 41.2 Å². The molecule has 94 valence electrons. The Labute approximate surface area is 110 Å². The molecule has 0 aliphatic heterocycles. The van der Waals surface area contributed by atoms with Crippen LogP contribution >= 0.6 is 11.8 Å². The summed E-state index contributed by atoms with van der Waals surface area (Å²) in [6, 6.07) is 0.173. The van der Waals surface area contributed by atoms with Crippen molar-refractivity contribution >= 4 is 11.8 Å². The molecule has 2 aromatic rings. The average molecular weight is 261 g/mol. The van der Waals surface area contributed by atoms with Gasteiger partial charge in [-0.1, -0.05) is 6.92 Å². The van der Waals surface area contributed by atoms with E-state index in [1.165, 1.54) is 11.8 Å². The van der Waals surface area contributed by atoms with E-state index >= 15 is 0 Å². The zero-order chi connectivity index (χ0) is 12.8. The maximum absolute atomic E-state index is 5.89. The number of aromatic nitrogens is 4. The van der Waals surface area contributed by atoms with Crippen LogP contribution in [0, 0.1) is 0 Å². The maximum Gasteiger partial charge on any atom is 0.193 e. The van der Waals surface area contributed by atoms with Crippen LogP contribution in [0.1, 0.15) is 18.9 Å². The Balaban J connectivity index is 2.00. The third-order valence-corrected chi connectivity index (χ3v) is 3.25. The molecule has 0 spiro atoms. The molecule has 18 heavy (non-hydrogen) atoms. The number of nitrogens with two attached hydrogens (primary N) is 1. The second-order valence-electron chi connectivity index (χ2n) is 3.89. The van der Waals surface area contributed by atoms with Crippen LogP contribution in [-0.4, -0.2) is 26.0 Å². The van der Waals surface area contributed by atoms with Crippen molar-refractivity contribution in [1.29, 1.82) is 0 Å². The summed E-state index contributed by atoms with van der Waals surface area (Å²) in [4.78, 5) is 16.7. The van der Waals surface area contributed by atoms with Gasteiger partial charge in [0.1, 0.15) is 5.03 Å². The first-order valence-corrected chi connectivity index (χ1v) is 6.60. The molecule has 6 heteroatoms. The van der Waals surface area contributed by atoms with Crippen LogP contribution in [-0.2, 0) is 6.42 Å². The zero-order valence-corrected chi connectivity index (χ0v) is 11.0. The molecule has 0 amide bonds. The van der Waals surface area contributed by atoms with Crippen LogP contribution in [0.4, 0.5) is 0 Å². The number of hydrogen-bond acceptors (Lipinski definition) is 6. The van der Waals surface area contributed by atoms with Crippen molar-refractivity contribution in [2.45, 2.75) is 36.0 Å². The fourth-order valence-electron chi connectivity index (χ4n) is 1.38. The van der Waals surface area contributed by atoms with Gasteiger partial charge in [-0.15, -0.1) is 0 Å². The third-order valence-electron chi connectivity index (χ3n) is 2.44. The van der Waals surface area contributed by atoms with Crippen LogP contribution in [0.3, 0.4) is 0 Å². The van der Waals surface area contributed by atoms with Crippen molar-refractivity contribution < 1.29 is 0 Å². The minimum atomic E-state index is 0.173. The molecule has 1 atom stereocenters. The second-order valence-corrected chi connectivity index (χ2v) is 4.88. The summed E-state index contributed by atoms with van der Waals surface area (Å²) in [6.07, 6.45) is 10.4. The fraction of sp³-hybridized carbons (Fsp3) is 0.333. The normalized spacial score (nSPS) is 12.3. The molecular formula is C12H15N5S. The maximum atomic E-state index is 5.89. The molecule has 0 saturated heterocycles. The van der Waals surface area contributed by atoms with Gasteiger partial charge in [0, 0.05) is 30.8 Å². The van der Waals surface area contributed by atoms with Gasteiger partial charge in [0.05, 0.1) is 6.20 Å². The predicted molar refractivity (Wildman–Crippen MR) is 70.2 cm³/mol. The molecule has 2 heterocycles. The van der Waals surface area contributed by atoms with E-state index in [-0.39, 0.29) is 6.04 Å². The molecule has 0 bridgehead atoms. The van der Waals surface area contributed by atoms with E-state index in [2.05, 4.69) is 26.9 Å². The molecule has 2 N–H and O–H groups in total. The first-order chi connectivity index (χ1) is 8.78. The lowest BCUT2D eigenvalue weighted by atomic mass is 10.1. The Hall–Kier alpha value is -1.53. The number of nitrogens with zero attached hydrogens (tertiary/aromatic N) is 4. The molecule has 1 unspecified atom stereocenters. The first-order valence-electron chi connectivity index (χ1n) is 5.78. The van der Waals surface area contributed by atoms with E-state index in [4.69, 9.17) is 5.73 Å². The molecule has 2 rings (SSSR count). The molecular weight excluding hydrogens is 246 g/mol. The summed E-state index contributed by atoms with van der Waals surface area (Å²) >= 11 is 1.39. The van der Waals surface area contributed by atoms with E-state index in [9.17, 15) is 0 Å². The van der Waals surface area contributed by atoms with Crippen LogP contribution in [0.2, 0.25) is 0 Å². The minimum absolute atomic E-state index is 0.173. The van der Waals surface area contributed by atoms with Gasteiger partial charge in [0.2, 0.25) is 0 Å². The summed E-state index contributed by atoms with van der Waals surface area (Å²) in [7, 11) is 0. The Bertz CT molecular complexity index is 474. The highest BCUT2D eigenvalue weighted by Gasteiger charge is 2.04. The Kier molecular flexibility index (Phi) is 4.60. The topological polar surface area (TPSA) is 77.6 Å². The van der Waals surface area contributed by atoms with Crippen molar-refractivity contribution in [2.24, 2.45) is 5.73 Å². The summed E-state index contributed by atoms with van der Waals surface area (Å²) in [5.74, 6) is 0. The number of rotatable bonds is 5. The van der Waals surface area contributed by atoms with E-state index < -0.39 is 0 Å². The first kappa shape index (κ1) is 12.9. The van der Waals surface area contributed by atoms with Gasteiger partial charge < -0.3 is 5.73 Å². The summed E-state index contributed by atoms with van der Waals surface area (Å²) in [5.41, 5.74) is 6.95. The van der Waals surface area contributed by atoms with Gasteiger partial charge >= 0.3 is 0 Å². The van der Waals surface area contributed by atoms with E-state index in [1.54, 1.807) is 18.6 Å². The van der Waals surface area contributed by atoms with E-state index in [0.717, 1.165) is 23.4 Å². The summed E-state index contributed by atoms with van der Waals surface area (Å²) in [5, 5.41) is 1.46. The standard InChI is InChI=1S/C12H15N5S/c1-2-10(13)5-9-6-16-12(17-7-9)18-11-8-14-3-4-15-11/h3-4,6-8,10H,2,5,13H2,1H3. The van der Waals surface area contributed by atoms with Crippen molar-refractivity contribution in [2.75, 3.05) is 0 Å². The second kappa shape index (κ2) is 6.42. The van der Waals surface area contributed by atoms with Gasteiger partial charge in [-0.25, -0.2) is 15.0 Å². The quantitative estimate of drug-likeness (QED) is 0.825. The Morgan fingerprint density at radius 1 is 1.17 bits per heavy atom. The molecule has 5 nitrogen and oxygen atoms in total. The molecule has 0 radical (unpaired) electrons. The summed E-state index contributed by atoms with van der Waals surface area (Å²) in [6.45, 7) is 2.07. The Morgan fingerprint density at radius 3 is 2.56 bits per heavy atom. The fourth-order valence-corrected chi connectivity index (χ4v) is 2.00. The lowest BCUT2D eigenvalue weighted by Gasteiger charge is -2.07. The molecule has 0 fully saturated rings. The Morgan fingerprint density at radius 2 is 1.94 bits per heavy atom. The third kappa shape index (κ3) is 3.75. The number of hydrogen-bond donors (Lipinski definition) is 1. The zero-order valence-electron chi connectivity index (χ0n) is 10.2. The van der Waals surface area contributed by atoms with Gasteiger partial charge in [0.25, 0.3) is 0 Å². The van der Waals surface area contributed by atoms with Crippen molar-refractivity contribution in [1.82, 2.24) is 19.9 Å². The van der Waals surface area contributed by atoms with Gasteiger partial charge in [-0.05, 0) is 30.2 Å². The molecule has 0 aliphatic carbocycles. The van der Waals surface area contributed by atoms with E-state index in [0.29, 0.717) is 5.16 Å². The van der Waals surface area contributed by atoms with Crippen LogP contribution < -0.4 is 5.73 Å². The largest absolute Gasteiger partial charge is 0.327 e. The smallest absolute Gasteiger partial charge is 0.193 e. The van der Waals surface area contributed by atoms with Crippen molar-refractivity contribution in [3.05, 3.63) is 36.5 Å². The molecule has 0 aromatic carbocycles. The van der Waals surface area contributed by atoms with Crippen LogP contribution in [0.5, 0.6) is 0 Å². The lowest BCUT2D eigenvalue weighted by molar-refractivity contribution is 0.641. The van der Waals surface area contributed by atoms with Crippen LogP contribution in [0.25, 0.3) is 0 Å². The highest BCUT2D eigenvalue weighted by Crippen LogP contribution is 2.20. The SMILES string of the molecule is CCC(N)Cc1cnc(Sc2cnccn2)nc1.